The average molecular weight is 256 g/mol. The maximum absolute atomic E-state index is 10.00. The average Bonchev–Trinajstić information content (AvgIpc) is 2.26. The van der Waals surface area contributed by atoms with Gasteiger partial charge in [-0.2, -0.15) is 0 Å². The van der Waals surface area contributed by atoms with Crippen molar-refractivity contribution in [1.29, 1.82) is 0 Å². The highest BCUT2D eigenvalue weighted by Crippen LogP contribution is 2.24. The largest absolute Gasteiger partial charge is 0.387 e. The predicted octanol–water partition coefficient (Wildman–Crippen LogP) is 0.800. The first kappa shape index (κ1) is 14.3. The van der Waals surface area contributed by atoms with Gasteiger partial charge in [-0.15, -0.1) is 0 Å². The molecule has 0 aliphatic carbocycles. The van der Waals surface area contributed by atoms with E-state index in [0.29, 0.717) is 6.10 Å². The standard InChI is InChI=1S/C14H28N2O2/c1-4-14(17)10-16(11-14)9-13-8-15(5-6-18-13)7-12(2)3/h12-13,17H,4-11H2,1-3H3. The lowest BCUT2D eigenvalue weighted by molar-refractivity contribution is -0.126. The number of morpholine rings is 1. The Morgan fingerprint density at radius 3 is 2.67 bits per heavy atom. The van der Waals surface area contributed by atoms with E-state index in [0.717, 1.165) is 51.7 Å². The summed E-state index contributed by atoms with van der Waals surface area (Å²) < 4.78 is 5.83. The fraction of sp³-hybridized carbons (Fsp3) is 1.00. The fourth-order valence-corrected chi connectivity index (χ4v) is 3.00. The Morgan fingerprint density at radius 2 is 2.06 bits per heavy atom. The molecule has 0 radical (unpaired) electrons. The van der Waals surface area contributed by atoms with Gasteiger partial charge in [0.25, 0.3) is 0 Å². The molecule has 0 saturated carbocycles. The maximum atomic E-state index is 10.00. The van der Waals surface area contributed by atoms with Crippen LogP contribution in [0, 0.1) is 5.92 Å². The van der Waals surface area contributed by atoms with Gasteiger partial charge < -0.3 is 9.84 Å². The van der Waals surface area contributed by atoms with Crippen LogP contribution in [0.5, 0.6) is 0 Å². The molecule has 1 unspecified atom stereocenters. The SMILES string of the molecule is CCC1(O)CN(CC2CN(CC(C)C)CCO2)C1. The van der Waals surface area contributed by atoms with Crippen molar-refractivity contribution in [1.82, 2.24) is 9.80 Å². The molecule has 0 bridgehead atoms. The minimum absolute atomic E-state index is 0.318. The summed E-state index contributed by atoms with van der Waals surface area (Å²) in [5, 5.41) is 10.00. The van der Waals surface area contributed by atoms with Crippen molar-refractivity contribution in [3.8, 4) is 0 Å². The van der Waals surface area contributed by atoms with E-state index in [-0.39, 0.29) is 0 Å². The lowest BCUT2D eigenvalue weighted by atomic mass is 9.91. The zero-order chi connectivity index (χ0) is 13.2. The second-order valence-corrected chi connectivity index (χ2v) is 6.39. The molecule has 2 aliphatic heterocycles. The van der Waals surface area contributed by atoms with Crippen LogP contribution in [0.25, 0.3) is 0 Å². The van der Waals surface area contributed by atoms with E-state index in [2.05, 4.69) is 30.6 Å². The summed E-state index contributed by atoms with van der Waals surface area (Å²) in [5.41, 5.74) is -0.424. The van der Waals surface area contributed by atoms with Crippen molar-refractivity contribution in [3.63, 3.8) is 0 Å². The monoisotopic (exact) mass is 256 g/mol. The van der Waals surface area contributed by atoms with Gasteiger partial charge in [0.1, 0.15) is 0 Å². The third-order valence-electron chi connectivity index (χ3n) is 4.00. The molecule has 0 aromatic heterocycles. The Hall–Kier alpha value is -0.160. The van der Waals surface area contributed by atoms with Crippen LogP contribution >= 0.6 is 0 Å². The molecule has 2 fully saturated rings. The highest BCUT2D eigenvalue weighted by atomic mass is 16.5. The molecule has 2 heterocycles. The summed E-state index contributed by atoms with van der Waals surface area (Å²) in [4.78, 5) is 4.82. The lowest BCUT2D eigenvalue weighted by Gasteiger charge is -2.48. The maximum Gasteiger partial charge on any atom is 0.0897 e. The quantitative estimate of drug-likeness (QED) is 0.789. The number of likely N-dealkylation sites (tertiary alicyclic amines) is 1. The van der Waals surface area contributed by atoms with Crippen molar-refractivity contribution in [2.45, 2.75) is 38.9 Å². The van der Waals surface area contributed by atoms with E-state index in [1.165, 1.54) is 6.54 Å². The Kier molecular flexibility index (Phi) is 4.64. The molecule has 1 N–H and O–H groups in total. The molecular formula is C14H28N2O2. The van der Waals surface area contributed by atoms with Gasteiger partial charge in [0.15, 0.2) is 0 Å². The van der Waals surface area contributed by atoms with Crippen LogP contribution in [-0.2, 0) is 4.74 Å². The zero-order valence-electron chi connectivity index (χ0n) is 12.1. The first-order valence-corrected chi connectivity index (χ1v) is 7.29. The molecule has 2 aliphatic rings. The minimum atomic E-state index is -0.424. The summed E-state index contributed by atoms with van der Waals surface area (Å²) in [5.74, 6) is 0.720. The molecule has 1 atom stereocenters. The smallest absolute Gasteiger partial charge is 0.0897 e. The molecule has 0 aromatic rings. The van der Waals surface area contributed by atoms with Crippen LogP contribution in [-0.4, -0.2) is 72.5 Å². The van der Waals surface area contributed by atoms with E-state index < -0.39 is 5.60 Å². The molecular weight excluding hydrogens is 228 g/mol. The molecule has 4 heteroatoms. The highest BCUT2D eigenvalue weighted by Gasteiger charge is 2.40. The minimum Gasteiger partial charge on any atom is -0.387 e. The number of hydrogen-bond acceptors (Lipinski definition) is 4. The molecule has 2 saturated heterocycles. The molecule has 106 valence electrons. The van der Waals surface area contributed by atoms with Crippen molar-refractivity contribution in [3.05, 3.63) is 0 Å². The van der Waals surface area contributed by atoms with Crippen LogP contribution in [0.1, 0.15) is 27.2 Å². The molecule has 2 rings (SSSR count). The highest BCUT2D eigenvalue weighted by molar-refractivity contribution is 4.95. The molecule has 4 nitrogen and oxygen atoms in total. The van der Waals surface area contributed by atoms with Crippen molar-refractivity contribution in [2.75, 3.05) is 45.9 Å². The second-order valence-electron chi connectivity index (χ2n) is 6.39. The van der Waals surface area contributed by atoms with E-state index >= 15 is 0 Å². The van der Waals surface area contributed by atoms with Crippen molar-refractivity contribution < 1.29 is 9.84 Å². The Balaban J connectivity index is 1.70. The van der Waals surface area contributed by atoms with Gasteiger partial charge in [-0.3, -0.25) is 9.80 Å². The normalized spacial score (nSPS) is 29.5. The van der Waals surface area contributed by atoms with Crippen LogP contribution < -0.4 is 0 Å². The number of hydrogen-bond donors (Lipinski definition) is 1. The van der Waals surface area contributed by atoms with Gasteiger partial charge in [-0.25, -0.2) is 0 Å². The first-order chi connectivity index (χ1) is 8.50. The van der Waals surface area contributed by atoms with Gasteiger partial charge in [-0.05, 0) is 12.3 Å². The summed E-state index contributed by atoms with van der Waals surface area (Å²) in [6, 6.07) is 0. The van der Waals surface area contributed by atoms with Crippen molar-refractivity contribution in [2.24, 2.45) is 5.92 Å². The van der Waals surface area contributed by atoms with E-state index in [1.54, 1.807) is 0 Å². The first-order valence-electron chi connectivity index (χ1n) is 7.29. The third kappa shape index (κ3) is 3.67. The molecule has 0 amide bonds. The summed E-state index contributed by atoms with van der Waals surface area (Å²) in [7, 11) is 0. The summed E-state index contributed by atoms with van der Waals surface area (Å²) in [6.07, 6.45) is 1.17. The number of β-amino-alcohol motifs (C(OH)–C–C–N with tert-alkyl or cyclic N) is 1. The van der Waals surface area contributed by atoms with Gasteiger partial charge in [0.05, 0.1) is 18.3 Å². The van der Waals surface area contributed by atoms with Gasteiger partial charge in [0.2, 0.25) is 0 Å². The van der Waals surface area contributed by atoms with Crippen molar-refractivity contribution >= 4 is 0 Å². The molecule has 18 heavy (non-hydrogen) atoms. The van der Waals surface area contributed by atoms with Crippen LogP contribution in [0.4, 0.5) is 0 Å². The number of aliphatic hydroxyl groups is 1. The van der Waals surface area contributed by atoms with E-state index in [1.807, 2.05) is 0 Å². The van der Waals surface area contributed by atoms with E-state index in [4.69, 9.17) is 4.74 Å². The molecule has 0 spiro atoms. The Bertz CT molecular complexity index is 265. The third-order valence-corrected chi connectivity index (χ3v) is 4.00. The summed E-state index contributed by atoms with van der Waals surface area (Å²) in [6.45, 7) is 13.3. The predicted molar refractivity (Wildman–Crippen MR) is 72.7 cm³/mol. The Morgan fingerprint density at radius 1 is 1.33 bits per heavy atom. The van der Waals surface area contributed by atoms with Gasteiger partial charge in [-0.1, -0.05) is 20.8 Å². The number of nitrogens with zero attached hydrogens (tertiary/aromatic N) is 2. The van der Waals surface area contributed by atoms with Crippen LogP contribution in [0.2, 0.25) is 0 Å². The zero-order valence-corrected chi connectivity index (χ0v) is 12.1. The Labute approximate surface area is 111 Å². The lowest BCUT2D eigenvalue weighted by Crippen LogP contribution is -2.63. The fourth-order valence-electron chi connectivity index (χ4n) is 3.00. The second kappa shape index (κ2) is 5.87. The summed E-state index contributed by atoms with van der Waals surface area (Å²) >= 11 is 0. The van der Waals surface area contributed by atoms with Crippen LogP contribution in [0.3, 0.4) is 0 Å². The number of ether oxygens (including phenoxy) is 1. The van der Waals surface area contributed by atoms with Crippen LogP contribution in [0.15, 0.2) is 0 Å². The van der Waals surface area contributed by atoms with Gasteiger partial charge >= 0.3 is 0 Å². The van der Waals surface area contributed by atoms with E-state index in [9.17, 15) is 5.11 Å². The number of rotatable bonds is 5. The van der Waals surface area contributed by atoms with Gasteiger partial charge in [0, 0.05) is 39.3 Å². The molecule has 0 aromatic carbocycles. The topological polar surface area (TPSA) is 35.9 Å².